The van der Waals surface area contributed by atoms with Gasteiger partial charge in [-0.15, -0.1) is 0 Å². The first-order chi connectivity index (χ1) is 9.18. The molecule has 19 heavy (non-hydrogen) atoms. The highest BCUT2D eigenvalue weighted by molar-refractivity contribution is 5.84. The van der Waals surface area contributed by atoms with E-state index in [2.05, 4.69) is 4.98 Å². The van der Waals surface area contributed by atoms with Crippen LogP contribution in [0, 0.1) is 0 Å². The Labute approximate surface area is 112 Å². The number of aliphatic carboxylic acids is 1. The van der Waals surface area contributed by atoms with E-state index in [-0.39, 0.29) is 5.91 Å². The Kier molecular flexibility index (Phi) is 4.49. The highest BCUT2D eigenvalue weighted by atomic mass is 16.4. The second-order valence-electron chi connectivity index (χ2n) is 4.80. The van der Waals surface area contributed by atoms with E-state index >= 15 is 0 Å². The Morgan fingerprint density at radius 3 is 2.95 bits per heavy atom. The van der Waals surface area contributed by atoms with Crippen LogP contribution < -0.4 is 0 Å². The molecule has 1 fully saturated rings. The van der Waals surface area contributed by atoms with Gasteiger partial charge in [0.25, 0.3) is 0 Å². The zero-order chi connectivity index (χ0) is 13.7. The van der Waals surface area contributed by atoms with Crippen LogP contribution in [-0.2, 0) is 16.0 Å². The molecule has 1 atom stereocenters. The monoisotopic (exact) mass is 262 g/mol. The molecule has 0 aromatic carbocycles. The number of nitrogens with zero attached hydrogens (tertiary/aromatic N) is 2. The van der Waals surface area contributed by atoms with Crippen molar-refractivity contribution in [1.29, 1.82) is 0 Å². The number of carbonyl (C=O) groups excluding carboxylic acids is 1. The molecule has 0 spiro atoms. The molecular formula is C14H18N2O3. The lowest BCUT2D eigenvalue weighted by molar-refractivity contribution is -0.152. The molecule has 0 radical (unpaired) electrons. The van der Waals surface area contributed by atoms with Gasteiger partial charge in [0, 0.05) is 25.4 Å². The molecule has 2 rings (SSSR count). The average Bonchev–Trinajstić information content (AvgIpc) is 2.46. The van der Waals surface area contributed by atoms with E-state index in [1.807, 2.05) is 12.1 Å². The van der Waals surface area contributed by atoms with E-state index in [0.29, 0.717) is 25.8 Å². The third-order valence-electron chi connectivity index (χ3n) is 3.46. The highest BCUT2D eigenvalue weighted by Crippen LogP contribution is 2.18. The molecular weight excluding hydrogens is 244 g/mol. The molecule has 0 bridgehead atoms. The van der Waals surface area contributed by atoms with Gasteiger partial charge in [-0.2, -0.15) is 0 Å². The minimum absolute atomic E-state index is 0.0732. The summed E-state index contributed by atoms with van der Waals surface area (Å²) >= 11 is 0. The second kappa shape index (κ2) is 6.31. The van der Waals surface area contributed by atoms with Gasteiger partial charge in [0.15, 0.2) is 0 Å². The number of aromatic nitrogens is 1. The number of hydrogen-bond acceptors (Lipinski definition) is 3. The molecule has 1 aromatic heterocycles. The molecule has 0 saturated carbocycles. The van der Waals surface area contributed by atoms with Crippen LogP contribution in [0.3, 0.4) is 0 Å². The van der Waals surface area contributed by atoms with Crippen LogP contribution in [0.5, 0.6) is 0 Å². The lowest BCUT2D eigenvalue weighted by Gasteiger charge is -2.33. The fourth-order valence-electron chi connectivity index (χ4n) is 2.43. The first-order valence-corrected chi connectivity index (χ1v) is 6.59. The summed E-state index contributed by atoms with van der Waals surface area (Å²) in [5, 5.41) is 9.14. The van der Waals surface area contributed by atoms with E-state index < -0.39 is 12.0 Å². The molecule has 102 valence electrons. The van der Waals surface area contributed by atoms with Gasteiger partial charge in [0.1, 0.15) is 6.04 Å². The van der Waals surface area contributed by atoms with Crippen LogP contribution in [0.2, 0.25) is 0 Å². The van der Waals surface area contributed by atoms with Crippen molar-refractivity contribution in [3.05, 3.63) is 30.1 Å². The highest BCUT2D eigenvalue weighted by Gasteiger charge is 2.31. The van der Waals surface area contributed by atoms with Crippen LogP contribution in [0.4, 0.5) is 0 Å². The van der Waals surface area contributed by atoms with E-state index in [0.717, 1.165) is 18.4 Å². The fourth-order valence-corrected chi connectivity index (χ4v) is 2.43. The Hall–Kier alpha value is -1.91. The molecule has 1 saturated heterocycles. The van der Waals surface area contributed by atoms with Crippen molar-refractivity contribution in [3.8, 4) is 0 Å². The van der Waals surface area contributed by atoms with E-state index in [1.165, 1.54) is 4.90 Å². The number of rotatable bonds is 4. The average molecular weight is 262 g/mol. The van der Waals surface area contributed by atoms with Gasteiger partial charge in [-0.3, -0.25) is 9.78 Å². The van der Waals surface area contributed by atoms with Crippen molar-refractivity contribution in [1.82, 2.24) is 9.88 Å². The molecule has 5 heteroatoms. The minimum Gasteiger partial charge on any atom is -0.480 e. The van der Waals surface area contributed by atoms with Crippen molar-refractivity contribution >= 4 is 11.9 Å². The number of piperidine rings is 1. The molecule has 0 aliphatic carbocycles. The molecule has 1 aromatic rings. The van der Waals surface area contributed by atoms with E-state index in [1.54, 1.807) is 12.4 Å². The fraction of sp³-hybridized carbons (Fsp3) is 0.500. The molecule has 1 N–H and O–H groups in total. The predicted molar refractivity (Wildman–Crippen MR) is 69.5 cm³/mol. The molecule has 2 heterocycles. The number of hydrogen-bond donors (Lipinski definition) is 1. The maximum Gasteiger partial charge on any atom is 0.326 e. The number of amides is 1. The van der Waals surface area contributed by atoms with Crippen LogP contribution in [-0.4, -0.2) is 39.5 Å². The second-order valence-corrected chi connectivity index (χ2v) is 4.80. The quantitative estimate of drug-likeness (QED) is 0.892. The van der Waals surface area contributed by atoms with Gasteiger partial charge in [-0.1, -0.05) is 6.07 Å². The summed E-state index contributed by atoms with van der Waals surface area (Å²) in [6.45, 7) is 0.558. The number of likely N-dealkylation sites (tertiary alicyclic amines) is 1. The zero-order valence-corrected chi connectivity index (χ0v) is 10.8. The maximum absolute atomic E-state index is 12.1. The van der Waals surface area contributed by atoms with Gasteiger partial charge in [0.05, 0.1) is 0 Å². The lowest BCUT2D eigenvalue weighted by Crippen LogP contribution is -2.48. The minimum atomic E-state index is -0.894. The van der Waals surface area contributed by atoms with Gasteiger partial charge < -0.3 is 10.0 Å². The third kappa shape index (κ3) is 3.53. The van der Waals surface area contributed by atoms with Crippen LogP contribution in [0.25, 0.3) is 0 Å². The van der Waals surface area contributed by atoms with Gasteiger partial charge >= 0.3 is 5.97 Å². The van der Waals surface area contributed by atoms with Gasteiger partial charge in [-0.05, 0) is 37.3 Å². The third-order valence-corrected chi connectivity index (χ3v) is 3.46. The summed E-state index contributed by atoms with van der Waals surface area (Å²) in [5.74, 6) is -0.967. The number of carboxylic acid groups (broad SMARTS) is 1. The van der Waals surface area contributed by atoms with Crippen molar-refractivity contribution in [3.63, 3.8) is 0 Å². The standard InChI is InChI=1S/C14H18N2O3/c17-13(7-6-11-4-3-8-15-10-11)16-9-2-1-5-12(16)14(18)19/h3-4,8,10,12H,1-2,5-7,9H2,(H,18,19)/t12-/m0/s1. The Morgan fingerprint density at radius 2 is 2.26 bits per heavy atom. The summed E-state index contributed by atoms with van der Waals surface area (Å²) in [6.07, 6.45) is 6.71. The summed E-state index contributed by atoms with van der Waals surface area (Å²) < 4.78 is 0. The molecule has 1 amide bonds. The van der Waals surface area contributed by atoms with Crippen LogP contribution in [0.15, 0.2) is 24.5 Å². The number of aryl methyl sites for hydroxylation is 1. The van der Waals surface area contributed by atoms with Crippen molar-refractivity contribution in [2.75, 3.05) is 6.54 Å². The topological polar surface area (TPSA) is 70.5 Å². The predicted octanol–water partition coefficient (Wildman–Crippen LogP) is 1.48. The SMILES string of the molecule is O=C(O)[C@@H]1CCCCN1C(=O)CCc1cccnc1. The smallest absolute Gasteiger partial charge is 0.326 e. The van der Waals surface area contributed by atoms with Crippen molar-refractivity contribution in [2.24, 2.45) is 0 Å². The Balaban J connectivity index is 1.93. The molecule has 0 unspecified atom stereocenters. The van der Waals surface area contributed by atoms with E-state index in [9.17, 15) is 9.59 Å². The maximum atomic E-state index is 12.1. The number of pyridine rings is 1. The molecule has 1 aliphatic rings. The van der Waals surface area contributed by atoms with Crippen molar-refractivity contribution < 1.29 is 14.7 Å². The summed E-state index contributed by atoms with van der Waals surface area (Å²) in [6, 6.07) is 3.11. The first-order valence-electron chi connectivity index (χ1n) is 6.59. The molecule has 5 nitrogen and oxygen atoms in total. The zero-order valence-electron chi connectivity index (χ0n) is 10.8. The van der Waals surface area contributed by atoms with E-state index in [4.69, 9.17) is 5.11 Å². The molecule has 1 aliphatic heterocycles. The normalized spacial score (nSPS) is 19.2. The van der Waals surface area contributed by atoms with Crippen LogP contribution in [0.1, 0.15) is 31.2 Å². The van der Waals surface area contributed by atoms with Crippen LogP contribution >= 0.6 is 0 Å². The Bertz CT molecular complexity index is 447. The van der Waals surface area contributed by atoms with Gasteiger partial charge in [0.2, 0.25) is 5.91 Å². The van der Waals surface area contributed by atoms with Gasteiger partial charge in [-0.25, -0.2) is 4.79 Å². The van der Waals surface area contributed by atoms with Crippen molar-refractivity contribution in [2.45, 2.75) is 38.1 Å². The largest absolute Gasteiger partial charge is 0.480 e. The summed E-state index contributed by atoms with van der Waals surface area (Å²) in [4.78, 5) is 28.8. The summed E-state index contributed by atoms with van der Waals surface area (Å²) in [5.41, 5.74) is 1.000. The summed E-state index contributed by atoms with van der Waals surface area (Å²) in [7, 11) is 0. The number of carbonyl (C=O) groups is 2. The Morgan fingerprint density at radius 1 is 1.42 bits per heavy atom. The number of carboxylic acids is 1. The first kappa shape index (κ1) is 13.5. The lowest BCUT2D eigenvalue weighted by atomic mass is 10.0.